The molecule has 0 radical (unpaired) electrons. The van der Waals surface area contributed by atoms with Gasteiger partial charge in [0.2, 0.25) is 5.91 Å². The van der Waals surface area contributed by atoms with E-state index in [4.69, 9.17) is 4.74 Å². The highest BCUT2D eigenvalue weighted by molar-refractivity contribution is 7.97. The lowest BCUT2D eigenvalue weighted by atomic mass is 10.1. The van der Waals surface area contributed by atoms with Gasteiger partial charge in [0, 0.05) is 71.6 Å². The van der Waals surface area contributed by atoms with E-state index in [1.165, 1.54) is 12.8 Å². The minimum atomic E-state index is -0.0666. The molecule has 0 aliphatic carbocycles. The lowest BCUT2D eigenvalue weighted by molar-refractivity contribution is -0.137. The minimum absolute atomic E-state index is 0.0192. The number of carbonyl (C=O) groups excluding carboxylic acids is 2. The average molecular weight is 565 g/mol. The number of hydrogen-bond donors (Lipinski definition) is 0. The zero-order chi connectivity index (χ0) is 27.9. The molecule has 3 aliphatic rings. The Morgan fingerprint density at radius 1 is 0.975 bits per heavy atom. The van der Waals surface area contributed by atoms with Gasteiger partial charge in [-0.2, -0.15) is 5.26 Å². The van der Waals surface area contributed by atoms with E-state index in [1.807, 2.05) is 58.1 Å². The molecule has 0 saturated carbocycles. The first-order valence-corrected chi connectivity index (χ1v) is 15.4. The summed E-state index contributed by atoms with van der Waals surface area (Å²) in [6.45, 7) is 11.5. The van der Waals surface area contributed by atoms with Crippen molar-refractivity contribution in [2.24, 2.45) is 0 Å². The molecule has 1 atom stereocenters. The zero-order valence-electron chi connectivity index (χ0n) is 23.5. The van der Waals surface area contributed by atoms with Gasteiger partial charge in [0.15, 0.2) is 6.61 Å². The number of nitrogens with zero attached hydrogens (tertiary/aromatic N) is 6. The van der Waals surface area contributed by atoms with E-state index in [9.17, 15) is 14.9 Å². The number of carbonyl (C=O) groups is 2. The van der Waals surface area contributed by atoms with Gasteiger partial charge < -0.3 is 19.4 Å². The average Bonchev–Trinajstić information content (AvgIpc) is 3.49. The van der Waals surface area contributed by atoms with Crippen LogP contribution in [0, 0.1) is 11.3 Å². The van der Waals surface area contributed by atoms with Crippen molar-refractivity contribution in [3.05, 3.63) is 42.0 Å². The van der Waals surface area contributed by atoms with Crippen molar-refractivity contribution in [2.75, 3.05) is 84.4 Å². The number of likely N-dealkylation sites (tertiary alicyclic amines) is 1. The van der Waals surface area contributed by atoms with E-state index in [0.29, 0.717) is 17.9 Å². The second kappa shape index (κ2) is 13.7. The molecular weight excluding hydrogens is 524 g/mol. The number of hydrogen-bond acceptors (Lipinski definition) is 8. The molecule has 0 bridgehead atoms. The first kappa shape index (κ1) is 28.7. The van der Waals surface area contributed by atoms with E-state index in [1.54, 1.807) is 6.92 Å². The number of ether oxygens (including phenoxy) is 1. The Balaban J connectivity index is 1.15. The Kier molecular flexibility index (Phi) is 9.81. The van der Waals surface area contributed by atoms with Crippen LogP contribution in [0.1, 0.15) is 25.3 Å². The van der Waals surface area contributed by atoms with Crippen LogP contribution < -0.4 is 4.74 Å². The molecule has 2 aromatic carbocycles. The van der Waals surface area contributed by atoms with Crippen LogP contribution in [-0.2, 0) is 9.59 Å². The molecule has 3 aliphatic heterocycles. The Hall–Kier alpha value is -2.84. The van der Waals surface area contributed by atoms with Crippen molar-refractivity contribution >= 4 is 34.5 Å². The summed E-state index contributed by atoms with van der Waals surface area (Å²) in [4.78, 5) is 33.9. The molecule has 40 heavy (non-hydrogen) atoms. The summed E-state index contributed by atoms with van der Waals surface area (Å²) in [6, 6.07) is 13.9. The molecule has 9 nitrogen and oxygen atoms in total. The maximum Gasteiger partial charge on any atom is 0.260 e. The van der Waals surface area contributed by atoms with Crippen molar-refractivity contribution < 1.29 is 14.3 Å². The molecule has 2 aromatic rings. The van der Waals surface area contributed by atoms with Crippen molar-refractivity contribution in [3.8, 4) is 11.8 Å². The lowest BCUT2D eigenvalue weighted by Gasteiger charge is -2.42. The fraction of sp³-hybridized carbons (Fsp3) is 0.567. The first-order chi connectivity index (χ1) is 19.5. The summed E-state index contributed by atoms with van der Waals surface area (Å²) >= 11 is 1.88. The monoisotopic (exact) mass is 564 g/mol. The molecule has 0 unspecified atom stereocenters. The number of piperazine rings is 2. The standard InChI is InChI=1S/C30H40N6O3S/c1-24(37)34-12-10-32(11-13-34)16-17-40-35-14-15-36(28(22-35)21-33-8-4-5-9-33)30(38)23-39-29-19-26-7-3-2-6-25(26)18-27(29)20-31/h2-3,6-7,18-19,28H,4-5,8-17,21-23H2,1H3/t28-/m0/s1. The first-order valence-electron chi connectivity index (χ1n) is 14.4. The van der Waals surface area contributed by atoms with Crippen LogP contribution in [0.5, 0.6) is 5.75 Å². The molecule has 3 saturated heterocycles. The lowest BCUT2D eigenvalue weighted by Crippen LogP contribution is -2.58. The fourth-order valence-electron chi connectivity index (χ4n) is 5.93. The van der Waals surface area contributed by atoms with Crippen LogP contribution in [0.25, 0.3) is 10.8 Å². The smallest absolute Gasteiger partial charge is 0.260 e. The van der Waals surface area contributed by atoms with Gasteiger partial charge in [0.1, 0.15) is 11.8 Å². The molecular formula is C30H40N6O3S. The summed E-state index contributed by atoms with van der Waals surface area (Å²) in [5.74, 6) is 1.61. The van der Waals surface area contributed by atoms with E-state index in [2.05, 4.69) is 20.2 Å². The second-order valence-corrected chi connectivity index (χ2v) is 12.1. The Labute approximate surface area is 241 Å². The Bertz CT molecular complexity index is 1220. The van der Waals surface area contributed by atoms with Gasteiger partial charge in [-0.25, -0.2) is 4.31 Å². The largest absolute Gasteiger partial charge is 0.482 e. The third kappa shape index (κ3) is 7.26. The summed E-state index contributed by atoms with van der Waals surface area (Å²) < 4.78 is 8.40. The van der Waals surface area contributed by atoms with Gasteiger partial charge in [-0.15, -0.1) is 0 Å². The Morgan fingerprint density at radius 2 is 1.70 bits per heavy atom. The van der Waals surface area contributed by atoms with E-state index in [-0.39, 0.29) is 24.5 Å². The van der Waals surface area contributed by atoms with Crippen LogP contribution in [0.3, 0.4) is 0 Å². The second-order valence-electron chi connectivity index (χ2n) is 10.9. The molecule has 5 rings (SSSR count). The fourth-order valence-corrected chi connectivity index (χ4v) is 7.01. The molecule has 3 fully saturated rings. The van der Waals surface area contributed by atoms with Crippen LogP contribution >= 0.6 is 11.9 Å². The summed E-state index contributed by atoms with van der Waals surface area (Å²) in [7, 11) is 0. The molecule has 3 heterocycles. The van der Waals surface area contributed by atoms with Gasteiger partial charge >= 0.3 is 0 Å². The van der Waals surface area contributed by atoms with Crippen LogP contribution in [0.15, 0.2) is 36.4 Å². The number of rotatable bonds is 9. The summed E-state index contributed by atoms with van der Waals surface area (Å²) in [5.41, 5.74) is 0.448. The molecule has 0 aromatic heterocycles. The van der Waals surface area contributed by atoms with Crippen molar-refractivity contribution in [1.29, 1.82) is 5.26 Å². The van der Waals surface area contributed by atoms with E-state index >= 15 is 0 Å². The number of amides is 2. The number of nitriles is 1. The third-order valence-corrected chi connectivity index (χ3v) is 9.31. The molecule has 2 amide bonds. The molecule has 214 valence electrons. The summed E-state index contributed by atoms with van der Waals surface area (Å²) in [5, 5.41) is 11.6. The predicted octanol–water partition coefficient (Wildman–Crippen LogP) is 2.51. The quantitative estimate of drug-likeness (QED) is 0.430. The van der Waals surface area contributed by atoms with Gasteiger partial charge in [0.05, 0.1) is 11.6 Å². The van der Waals surface area contributed by atoms with Crippen molar-refractivity contribution in [2.45, 2.75) is 25.8 Å². The minimum Gasteiger partial charge on any atom is -0.482 e. The van der Waals surface area contributed by atoms with E-state index in [0.717, 1.165) is 82.0 Å². The van der Waals surface area contributed by atoms with Crippen molar-refractivity contribution in [1.82, 2.24) is 23.9 Å². The van der Waals surface area contributed by atoms with Gasteiger partial charge in [-0.05, 0) is 48.8 Å². The van der Waals surface area contributed by atoms with Crippen molar-refractivity contribution in [3.63, 3.8) is 0 Å². The molecule has 0 N–H and O–H groups in total. The predicted molar refractivity (Wildman–Crippen MR) is 158 cm³/mol. The SMILES string of the molecule is CC(=O)N1CCN(CCSN2CCN(C(=O)COc3cc4ccccc4cc3C#N)[C@@H](CN3CCCC3)C2)CC1. The maximum atomic E-state index is 13.5. The van der Waals surface area contributed by atoms with Gasteiger partial charge in [-0.1, -0.05) is 36.2 Å². The highest BCUT2D eigenvalue weighted by Crippen LogP contribution is 2.26. The van der Waals surface area contributed by atoms with E-state index < -0.39 is 0 Å². The maximum absolute atomic E-state index is 13.5. The normalized spacial score (nSPS) is 21.1. The highest BCUT2D eigenvalue weighted by Gasteiger charge is 2.33. The number of fused-ring (bicyclic) bond motifs is 1. The zero-order valence-corrected chi connectivity index (χ0v) is 24.3. The topological polar surface area (TPSA) is 83.4 Å². The van der Waals surface area contributed by atoms with Gasteiger partial charge in [-0.3, -0.25) is 14.5 Å². The molecule has 10 heteroatoms. The van der Waals surface area contributed by atoms with Crippen LogP contribution in [-0.4, -0.2) is 126 Å². The van der Waals surface area contributed by atoms with Crippen LogP contribution in [0.2, 0.25) is 0 Å². The van der Waals surface area contributed by atoms with Crippen LogP contribution in [0.4, 0.5) is 0 Å². The highest BCUT2D eigenvalue weighted by atomic mass is 32.2. The third-order valence-electron chi connectivity index (χ3n) is 8.25. The van der Waals surface area contributed by atoms with Gasteiger partial charge in [0.25, 0.3) is 5.91 Å². The molecule has 0 spiro atoms. The Morgan fingerprint density at radius 3 is 2.40 bits per heavy atom. The summed E-state index contributed by atoms with van der Waals surface area (Å²) in [6.07, 6.45) is 2.44. The number of benzene rings is 2.